The van der Waals surface area contributed by atoms with E-state index in [0.29, 0.717) is 66.6 Å². The van der Waals surface area contributed by atoms with Crippen LogP contribution in [0.2, 0.25) is 5.02 Å². The van der Waals surface area contributed by atoms with Crippen LogP contribution in [0.3, 0.4) is 0 Å². The number of morpholine rings is 1. The van der Waals surface area contributed by atoms with Gasteiger partial charge in [0.25, 0.3) is 5.91 Å². The van der Waals surface area contributed by atoms with Crippen LogP contribution in [0.15, 0.2) is 42.6 Å². The highest BCUT2D eigenvalue weighted by atomic mass is 35.5. The lowest BCUT2D eigenvalue weighted by molar-refractivity contribution is -0.164. The summed E-state index contributed by atoms with van der Waals surface area (Å²) >= 11 is 6.56. The van der Waals surface area contributed by atoms with E-state index in [0.717, 1.165) is 31.3 Å². The second kappa shape index (κ2) is 11.6. The zero-order chi connectivity index (χ0) is 31.4. The van der Waals surface area contributed by atoms with Gasteiger partial charge >= 0.3 is 6.01 Å². The van der Waals surface area contributed by atoms with Crippen LogP contribution in [0.5, 0.6) is 6.01 Å². The molecule has 4 saturated heterocycles. The number of hydrogen-bond acceptors (Lipinski definition) is 9. The maximum absolute atomic E-state index is 16.4. The van der Waals surface area contributed by atoms with Crippen LogP contribution < -0.4 is 9.64 Å². The van der Waals surface area contributed by atoms with E-state index in [9.17, 15) is 4.79 Å². The van der Waals surface area contributed by atoms with Crippen molar-refractivity contribution in [2.45, 2.75) is 30.6 Å². The van der Waals surface area contributed by atoms with E-state index >= 15 is 4.39 Å². The SMILES string of the molecule is COc1nc(N2CCN(C(=O)C#CCN3CC4CCC(C3)O4)C3(COC3)C2)c2cnc(-c3cccc4cccc(Cl)c34)c(F)c2n1. The predicted octanol–water partition coefficient (Wildman–Crippen LogP) is 3.93. The van der Waals surface area contributed by atoms with Gasteiger partial charge in [-0.25, -0.2) is 4.39 Å². The third-order valence-electron chi connectivity index (χ3n) is 9.49. The van der Waals surface area contributed by atoms with Crippen molar-refractivity contribution in [2.24, 2.45) is 0 Å². The summed E-state index contributed by atoms with van der Waals surface area (Å²) in [5.74, 6) is 5.68. The maximum atomic E-state index is 16.4. The molecule has 0 radical (unpaired) electrons. The highest BCUT2D eigenvalue weighted by Gasteiger charge is 2.50. The van der Waals surface area contributed by atoms with E-state index in [2.05, 4.69) is 31.7 Å². The molecule has 4 fully saturated rings. The highest BCUT2D eigenvalue weighted by Crippen LogP contribution is 2.39. The minimum atomic E-state index is -0.592. The number of pyridine rings is 1. The monoisotopic (exact) mass is 642 g/mol. The topological polar surface area (TPSA) is 93.2 Å². The second-order valence-electron chi connectivity index (χ2n) is 12.4. The Morgan fingerprint density at radius 2 is 1.91 bits per heavy atom. The number of fused-ring (bicyclic) bond motifs is 4. The van der Waals surface area contributed by atoms with Gasteiger partial charge in [-0.05, 0) is 30.2 Å². The minimum Gasteiger partial charge on any atom is -0.467 e. The van der Waals surface area contributed by atoms with Gasteiger partial charge in [0.15, 0.2) is 5.82 Å². The molecule has 2 bridgehead atoms. The molecule has 2 atom stereocenters. The highest BCUT2D eigenvalue weighted by molar-refractivity contribution is 6.36. The largest absolute Gasteiger partial charge is 0.467 e. The number of anilines is 1. The van der Waals surface area contributed by atoms with E-state index < -0.39 is 11.4 Å². The van der Waals surface area contributed by atoms with Crippen LogP contribution >= 0.6 is 11.6 Å². The number of ether oxygens (including phenoxy) is 3. The first-order valence-electron chi connectivity index (χ1n) is 15.5. The van der Waals surface area contributed by atoms with E-state index in [-0.39, 0.29) is 35.3 Å². The molecule has 4 aromatic rings. The summed E-state index contributed by atoms with van der Waals surface area (Å²) in [4.78, 5) is 33.2. The number of rotatable bonds is 4. The summed E-state index contributed by atoms with van der Waals surface area (Å²) in [5.41, 5.74) is 0.232. The molecule has 0 N–H and O–H groups in total. The van der Waals surface area contributed by atoms with Crippen molar-refractivity contribution in [2.75, 3.05) is 64.5 Å². The molecular weight excluding hydrogens is 611 g/mol. The summed E-state index contributed by atoms with van der Waals surface area (Å²) in [5, 5.41) is 2.55. The lowest BCUT2D eigenvalue weighted by Crippen LogP contribution is -2.72. The zero-order valence-corrected chi connectivity index (χ0v) is 26.1. The number of piperazine rings is 1. The molecule has 4 aliphatic rings. The molecular formula is C34H32ClFN6O4. The molecule has 2 unspecified atom stereocenters. The fourth-order valence-electron chi connectivity index (χ4n) is 7.22. The van der Waals surface area contributed by atoms with Crippen LogP contribution in [0.1, 0.15) is 12.8 Å². The first kappa shape index (κ1) is 29.3. The standard InChI is InChI=1S/C34H32ClFN6O4/c1-44-33-38-31-25(15-37-30(29(31)36)24-7-2-5-21-6-3-8-26(35)28(21)24)32(39-33)41-13-14-42(34(18-41)19-45-20-34)27(43)9-4-12-40-16-22-10-11-23(17-40)46-22/h2-3,5-8,15,22-23H,10-14,16-20H2,1H3. The van der Waals surface area contributed by atoms with Crippen molar-refractivity contribution in [3.05, 3.63) is 53.4 Å². The number of likely N-dealkylation sites (tertiary alicyclic amines) is 1. The Balaban J connectivity index is 1.08. The second-order valence-corrected chi connectivity index (χ2v) is 12.8. The van der Waals surface area contributed by atoms with Crippen LogP contribution in [0.25, 0.3) is 32.9 Å². The van der Waals surface area contributed by atoms with Crippen LogP contribution in [-0.2, 0) is 14.3 Å². The third kappa shape index (κ3) is 5.00. The number of amides is 1. The van der Waals surface area contributed by atoms with Crippen molar-refractivity contribution in [3.63, 3.8) is 0 Å². The van der Waals surface area contributed by atoms with Gasteiger partial charge in [-0.15, -0.1) is 0 Å². The number of aromatic nitrogens is 3. The van der Waals surface area contributed by atoms with Crippen molar-refractivity contribution < 1.29 is 23.4 Å². The molecule has 2 aromatic carbocycles. The quantitative estimate of drug-likeness (QED) is 0.307. The van der Waals surface area contributed by atoms with Crippen molar-refractivity contribution >= 4 is 45.0 Å². The Morgan fingerprint density at radius 3 is 2.65 bits per heavy atom. The van der Waals surface area contributed by atoms with E-state index in [4.69, 9.17) is 25.8 Å². The lowest BCUT2D eigenvalue weighted by atomic mass is 9.91. The number of methoxy groups -OCH3 is 1. The number of carbonyl (C=O) groups excluding carboxylic acids is 1. The summed E-state index contributed by atoms with van der Waals surface area (Å²) in [6, 6.07) is 11.2. The van der Waals surface area contributed by atoms with Gasteiger partial charge < -0.3 is 24.0 Å². The first-order chi connectivity index (χ1) is 22.4. The molecule has 6 heterocycles. The molecule has 0 saturated carbocycles. The van der Waals surface area contributed by atoms with Gasteiger partial charge in [0.05, 0.1) is 44.5 Å². The third-order valence-corrected chi connectivity index (χ3v) is 9.80. The zero-order valence-electron chi connectivity index (χ0n) is 25.3. The van der Waals surface area contributed by atoms with Crippen LogP contribution in [-0.4, -0.2) is 108 Å². The molecule has 12 heteroatoms. The predicted molar refractivity (Wildman–Crippen MR) is 171 cm³/mol. The Hall–Kier alpha value is -4.08. The molecule has 8 rings (SSSR count). The van der Waals surface area contributed by atoms with Crippen LogP contribution in [0.4, 0.5) is 10.2 Å². The van der Waals surface area contributed by atoms with Gasteiger partial charge in [0.2, 0.25) is 0 Å². The minimum absolute atomic E-state index is 0.0364. The Kier molecular flexibility index (Phi) is 7.41. The molecule has 1 spiro atoms. The van der Waals surface area contributed by atoms with Gasteiger partial charge in [-0.2, -0.15) is 9.97 Å². The summed E-state index contributed by atoms with van der Waals surface area (Å²) in [6.07, 6.45) is 4.35. The number of carbonyl (C=O) groups is 1. The van der Waals surface area contributed by atoms with Crippen molar-refractivity contribution in [3.8, 4) is 29.1 Å². The van der Waals surface area contributed by atoms with E-state index in [1.807, 2.05) is 34.1 Å². The molecule has 46 heavy (non-hydrogen) atoms. The Labute approximate surface area is 270 Å². The average Bonchev–Trinajstić information content (AvgIpc) is 3.40. The summed E-state index contributed by atoms with van der Waals surface area (Å²) < 4.78 is 33.4. The Morgan fingerprint density at radius 1 is 1.13 bits per heavy atom. The van der Waals surface area contributed by atoms with Gasteiger partial charge in [0, 0.05) is 54.9 Å². The van der Waals surface area contributed by atoms with E-state index in [1.54, 1.807) is 18.3 Å². The number of benzene rings is 2. The molecule has 236 valence electrons. The summed E-state index contributed by atoms with van der Waals surface area (Å²) in [7, 11) is 1.45. The number of hydrogen-bond donors (Lipinski definition) is 0. The first-order valence-corrected chi connectivity index (χ1v) is 15.9. The van der Waals surface area contributed by atoms with Crippen LogP contribution in [0, 0.1) is 17.7 Å². The van der Waals surface area contributed by atoms with Crippen molar-refractivity contribution in [1.82, 2.24) is 24.8 Å². The van der Waals surface area contributed by atoms with Gasteiger partial charge in [0.1, 0.15) is 22.6 Å². The summed E-state index contributed by atoms with van der Waals surface area (Å²) in [6.45, 7) is 4.33. The fourth-order valence-corrected chi connectivity index (χ4v) is 7.50. The molecule has 4 aliphatic heterocycles. The van der Waals surface area contributed by atoms with E-state index in [1.165, 1.54) is 7.11 Å². The lowest BCUT2D eigenvalue weighted by Gasteiger charge is -2.54. The number of nitrogens with zero attached hydrogens (tertiary/aromatic N) is 6. The Bertz CT molecular complexity index is 1910. The smallest absolute Gasteiger partial charge is 0.318 e. The molecule has 0 aliphatic carbocycles. The maximum Gasteiger partial charge on any atom is 0.318 e. The molecule has 2 aromatic heterocycles. The molecule has 10 nitrogen and oxygen atoms in total. The van der Waals surface area contributed by atoms with Gasteiger partial charge in [-0.1, -0.05) is 47.9 Å². The van der Waals surface area contributed by atoms with Crippen molar-refractivity contribution in [1.29, 1.82) is 0 Å². The molecule has 1 amide bonds. The normalized spacial score (nSPS) is 22.2. The average molecular weight is 643 g/mol. The fraction of sp³-hybridized carbons (Fsp3) is 0.412. The van der Waals surface area contributed by atoms with Gasteiger partial charge in [-0.3, -0.25) is 14.7 Å². The number of halogens is 2.